The zero-order chi connectivity index (χ0) is 11.5. The molecule has 2 rings (SSSR count). The van der Waals surface area contributed by atoms with Gasteiger partial charge in [0, 0.05) is 5.56 Å². The van der Waals surface area contributed by atoms with Gasteiger partial charge in [0.25, 0.3) is 0 Å². The van der Waals surface area contributed by atoms with Gasteiger partial charge in [0.05, 0.1) is 19.3 Å². The summed E-state index contributed by atoms with van der Waals surface area (Å²) in [7, 11) is 0. The fraction of sp³-hybridized carbons (Fsp3) is 0.182. The van der Waals surface area contributed by atoms with Crippen molar-refractivity contribution in [2.75, 3.05) is 5.73 Å². The normalized spacial score (nSPS) is 10.6. The molecule has 84 valence electrons. The molecule has 0 spiro atoms. The van der Waals surface area contributed by atoms with Crippen LogP contribution in [0.3, 0.4) is 0 Å². The number of phenols is 1. The van der Waals surface area contributed by atoms with E-state index in [1.807, 2.05) is 6.07 Å². The molecule has 1 aromatic carbocycles. The van der Waals surface area contributed by atoms with Crippen LogP contribution in [0.1, 0.15) is 11.1 Å². The lowest BCUT2D eigenvalue weighted by Crippen LogP contribution is -2.06. The predicted molar refractivity (Wildman–Crippen MR) is 59.8 cm³/mol. The van der Waals surface area contributed by atoms with Crippen molar-refractivity contribution in [3.8, 4) is 5.75 Å². The first-order valence-corrected chi connectivity index (χ1v) is 4.89. The van der Waals surface area contributed by atoms with Gasteiger partial charge in [-0.1, -0.05) is 12.1 Å². The number of nitrogens with zero attached hydrogens (tertiary/aromatic N) is 2. The Balaban J connectivity index is 2.24. The van der Waals surface area contributed by atoms with Gasteiger partial charge in [0.2, 0.25) is 0 Å². The van der Waals surface area contributed by atoms with E-state index in [4.69, 9.17) is 10.8 Å². The molecule has 2 aromatic rings. The number of aliphatic hydroxyl groups is 1. The van der Waals surface area contributed by atoms with Crippen LogP contribution in [0, 0.1) is 0 Å². The molecule has 5 heteroatoms. The number of anilines is 1. The maximum atomic E-state index is 9.31. The second kappa shape index (κ2) is 4.24. The summed E-state index contributed by atoms with van der Waals surface area (Å²) in [5.74, 6) is 0.663. The molecule has 0 amide bonds. The van der Waals surface area contributed by atoms with E-state index in [9.17, 15) is 5.11 Å². The molecule has 0 unspecified atom stereocenters. The van der Waals surface area contributed by atoms with Crippen molar-refractivity contribution in [1.82, 2.24) is 9.78 Å². The number of hydrogen-bond acceptors (Lipinski definition) is 4. The predicted octanol–water partition coefficient (Wildman–Crippen LogP) is 0.711. The molecule has 1 aromatic heterocycles. The number of aliphatic hydroxyl groups excluding tert-OH is 1. The summed E-state index contributed by atoms with van der Waals surface area (Å²) in [6.07, 6.45) is 1.54. The van der Waals surface area contributed by atoms with Gasteiger partial charge in [0.15, 0.2) is 0 Å². The van der Waals surface area contributed by atoms with Crippen molar-refractivity contribution in [3.05, 3.63) is 41.6 Å². The summed E-state index contributed by atoms with van der Waals surface area (Å²) < 4.78 is 1.58. The molecule has 5 nitrogen and oxygen atoms in total. The average Bonchev–Trinajstić information content (AvgIpc) is 2.60. The highest BCUT2D eigenvalue weighted by Crippen LogP contribution is 2.15. The quantitative estimate of drug-likeness (QED) is 0.709. The molecule has 16 heavy (non-hydrogen) atoms. The Morgan fingerprint density at radius 3 is 2.81 bits per heavy atom. The van der Waals surface area contributed by atoms with Gasteiger partial charge in [0.1, 0.15) is 11.6 Å². The minimum atomic E-state index is -0.119. The van der Waals surface area contributed by atoms with Crippen LogP contribution in [-0.2, 0) is 13.2 Å². The van der Waals surface area contributed by atoms with Crippen molar-refractivity contribution < 1.29 is 10.2 Å². The molecule has 0 aliphatic rings. The summed E-state index contributed by atoms with van der Waals surface area (Å²) in [6, 6.07) is 6.89. The highest BCUT2D eigenvalue weighted by molar-refractivity contribution is 5.39. The smallest absolute Gasteiger partial charge is 0.127 e. The van der Waals surface area contributed by atoms with Gasteiger partial charge in [-0.2, -0.15) is 5.10 Å². The molecule has 0 radical (unpaired) electrons. The van der Waals surface area contributed by atoms with Crippen LogP contribution in [0.15, 0.2) is 30.5 Å². The summed E-state index contributed by atoms with van der Waals surface area (Å²) in [5, 5.41) is 22.3. The summed E-state index contributed by atoms with van der Waals surface area (Å²) in [4.78, 5) is 0. The van der Waals surface area contributed by atoms with Crippen molar-refractivity contribution in [2.45, 2.75) is 13.2 Å². The molecule has 4 N–H and O–H groups in total. The summed E-state index contributed by atoms with van der Waals surface area (Å²) in [6.45, 7) is 0.353. The van der Waals surface area contributed by atoms with E-state index in [0.717, 1.165) is 5.56 Å². The zero-order valence-corrected chi connectivity index (χ0v) is 8.67. The number of hydrogen-bond donors (Lipinski definition) is 3. The van der Waals surface area contributed by atoms with Gasteiger partial charge >= 0.3 is 0 Å². The third-order valence-corrected chi connectivity index (χ3v) is 2.37. The highest BCUT2D eigenvalue weighted by atomic mass is 16.3. The second-order valence-electron chi connectivity index (χ2n) is 3.54. The van der Waals surface area contributed by atoms with E-state index in [2.05, 4.69) is 5.10 Å². The average molecular weight is 219 g/mol. The number of rotatable bonds is 3. The fourth-order valence-corrected chi connectivity index (χ4v) is 1.51. The zero-order valence-electron chi connectivity index (χ0n) is 8.67. The van der Waals surface area contributed by atoms with E-state index in [-0.39, 0.29) is 12.4 Å². The molecule has 1 heterocycles. The number of benzene rings is 1. The summed E-state index contributed by atoms with van der Waals surface area (Å²) in [5.41, 5.74) is 7.29. The van der Waals surface area contributed by atoms with Crippen LogP contribution in [-0.4, -0.2) is 20.0 Å². The van der Waals surface area contributed by atoms with Crippen LogP contribution < -0.4 is 5.73 Å². The Morgan fingerprint density at radius 2 is 2.19 bits per heavy atom. The lowest BCUT2D eigenvalue weighted by atomic mass is 10.2. The molecule has 0 fully saturated rings. The highest BCUT2D eigenvalue weighted by Gasteiger charge is 2.06. The number of nitrogens with two attached hydrogens (primary N) is 1. The van der Waals surface area contributed by atoms with E-state index >= 15 is 0 Å². The number of nitrogen functional groups attached to an aromatic ring is 1. The van der Waals surface area contributed by atoms with Crippen molar-refractivity contribution >= 4 is 5.82 Å². The molecule has 0 aliphatic heterocycles. The molecular formula is C11H13N3O2. The maximum Gasteiger partial charge on any atom is 0.127 e. The third-order valence-electron chi connectivity index (χ3n) is 2.37. The van der Waals surface area contributed by atoms with Crippen molar-refractivity contribution in [2.24, 2.45) is 0 Å². The van der Waals surface area contributed by atoms with Crippen LogP contribution >= 0.6 is 0 Å². The monoisotopic (exact) mass is 219 g/mol. The van der Waals surface area contributed by atoms with E-state index in [0.29, 0.717) is 17.9 Å². The Labute approximate surface area is 92.8 Å². The Bertz CT molecular complexity index is 494. The molecular weight excluding hydrogens is 206 g/mol. The van der Waals surface area contributed by atoms with Gasteiger partial charge in [-0.3, -0.25) is 0 Å². The molecule has 0 saturated heterocycles. The first kappa shape index (κ1) is 10.5. The molecule has 0 atom stereocenters. The van der Waals surface area contributed by atoms with Crippen molar-refractivity contribution in [3.63, 3.8) is 0 Å². The standard InChI is InChI=1S/C11H13N3O2/c12-11-9(7-15)5-13-14(11)6-8-2-1-3-10(16)4-8/h1-5,15-16H,6-7,12H2. The lowest BCUT2D eigenvalue weighted by Gasteiger charge is -2.05. The first-order valence-electron chi connectivity index (χ1n) is 4.89. The van der Waals surface area contributed by atoms with Crippen LogP contribution in [0.25, 0.3) is 0 Å². The lowest BCUT2D eigenvalue weighted by molar-refractivity contribution is 0.282. The Kier molecular flexibility index (Phi) is 2.78. The van der Waals surface area contributed by atoms with E-state index in [1.54, 1.807) is 22.9 Å². The van der Waals surface area contributed by atoms with Gasteiger partial charge < -0.3 is 15.9 Å². The molecule has 0 bridgehead atoms. The number of phenolic OH excluding ortho intramolecular Hbond substituents is 1. The SMILES string of the molecule is Nc1c(CO)cnn1Cc1cccc(O)c1. The van der Waals surface area contributed by atoms with E-state index < -0.39 is 0 Å². The van der Waals surface area contributed by atoms with E-state index in [1.165, 1.54) is 6.20 Å². The summed E-state index contributed by atoms with van der Waals surface area (Å²) >= 11 is 0. The van der Waals surface area contributed by atoms with Crippen LogP contribution in [0.2, 0.25) is 0 Å². The molecule has 0 saturated carbocycles. The Morgan fingerprint density at radius 1 is 1.38 bits per heavy atom. The van der Waals surface area contributed by atoms with Crippen LogP contribution in [0.5, 0.6) is 5.75 Å². The van der Waals surface area contributed by atoms with Crippen molar-refractivity contribution in [1.29, 1.82) is 0 Å². The minimum absolute atomic E-state index is 0.119. The molecule has 0 aliphatic carbocycles. The van der Waals surface area contributed by atoms with Gasteiger partial charge in [-0.25, -0.2) is 4.68 Å². The van der Waals surface area contributed by atoms with Gasteiger partial charge in [-0.15, -0.1) is 0 Å². The second-order valence-corrected chi connectivity index (χ2v) is 3.54. The largest absolute Gasteiger partial charge is 0.508 e. The minimum Gasteiger partial charge on any atom is -0.508 e. The maximum absolute atomic E-state index is 9.31. The third kappa shape index (κ3) is 1.99. The Hall–Kier alpha value is -2.01. The van der Waals surface area contributed by atoms with Crippen LogP contribution in [0.4, 0.5) is 5.82 Å². The topological polar surface area (TPSA) is 84.3 Å². The fourth-order valence-electron chi connectivity index (χ4n) is 1.51. The number of aromatic nitrogens is 2. The first-order chi connectivity index (χ1) is 7.70. The van der Waals surface area contributed by atoms with Gasteiger partial charge in [-0.05, 0) is 17.7 Å². The number of aromatic hydroxyl groups is 1.